The standard InChI is InChI=1S/C17H11Cl2F7N4O/c18-9-4-6-11(7-5-9)27-13(15(20,21)16(22,23)17(24,25)26)29-30-14(31)28-12-3-1-2-10(19)8-12/h1-8H,(H,27,29)(H2,28,30,31). The van der Waals surface area contributed by atoms with Crippen LogP contribution in [-0.4, -0.2) is 29.9 Å². The summed E-state index contributed by atoms with van der Waals surface area (Å²) in [6.45, 7) is 0. The van der Waals surface area contributed by atoms with Crippen LogP contribution in [0.15, 0.2) is 53.5 Å². The summed E-state index contributed by atoms with van der Waals surface area (Å²) in [5, 5.41) is 2.43. The van der Waals surface area contributed by atoms with E-state index >= 15 is 0 Å². The first-order chi connectivity index (χ1) is 14.2. The van der Waals surface area contributed by atoms with E-state index in [0.717, 1.165) is 24.3 Å². The lowest BCUT2D eigenvalue weighted by atomic mass is 10.1. The Morgan fingerprint density at radius 3 is 2.00 bits per heavy atom. The van der Waals surface area contributed by atoms with Crippen LogP contribution in [0, 0.1) is 0 Å². The molecule has 31 heavy (non-hydrogen) atoms. The van der Waals surface area contributed by atoms with E-state index in [2.05, 4.69) is 10.3 Å². The highest BCUT2D eigenvalue weighted by atomic mass is 35.5. The zero-order valence-corrected chi connectivity index (χ0v) is 16.4. The largest absolute Gasteiger partial charge is 0.460 e. The maximum Gasteiger partial charge on any atom is 0.460 e. The average Bonchev–Trinajstić information content (AvgIpc) is 2.65. The van der Waals surface area contributed by atoms with E-state index in [1.807, 2.05) is 0 Å². The summed E-state index contributed by atoms with van der Waals surface area (Å²) in [4.78, 5) is 14.9. The zero-order chi connectivity index (χ0) is 23.4. The minimum Gasteiger partial charge on any atom is -0.307 e. The molecule has 0 bridgehead atoms. The molecule has 0 saturated heterocycles. The quantitative estimate of drug-likeness (QED) is 0.207. The number of hydrogen-bond donors (Lipinski definition) is 3. The monoisotopic (exact) mass is 490 g/mol. The van der Waals surface area contributed by atoms with Crippen molar-refractivity contribution in [1.82, 2.24) is 10.9 Å². The molecule has 0 radical (unpaired) electrons. The van der Waals surface area contributed by atoms with Gasteiger partial charge in [-0.2, -0.15) is 30.7 Å². The van der Waals surface area contributed by atoms with Gasteiger partial charge in [-0.05, 0) is 42.5 Å². The number of benzene rings is 2. The van der Waals surface area contributed by atoms with Gasteiger partial charge in [0.25, 0.3) is 0 Å². The summed E-state index contributed by atoms with van der Waals surface area (Å²) in [6, 6.07) is 8.45. The highest BCUT2D eigenvalue weighted by molar-refractivity contribution is 6.31. The molecule has 0 aliphatic carbocycles. The number of aliphatic imine (C=N–C) groups is 1. The number of carbonyl (C=O) groups is 1. The molecule has 0 atom stereocenters. The van der Waals surface area contributed by atoms with E-state index < -0.39 is 35.6 Å². The number of hydrogen-bond acceptors (Lipinski definition) is 2. The number of amidine groups is 1. The number of urea groups is 1. The molecule has 0 unspecified atom stereocenters. The Morgan fingerprint density at radius 1 is 0.839 bits per heavy atom. The van der Waals surface area contributed by atoms with Crippen LogP contribution in [0.2, 0.25) is 10.0 Å². The lowest BCUT2D eigenvalue weighted by Gasteiger charge is -2.29. The second-order valence-corrected chi connectivity index (χ2v) is 6.67. The van der Waals surface area contributed by atoms with E-state index in [0.29, 0.717) is 0 Å². The summed E-state index contributed by atoms with van der Waals surface area (Å²) < 4.78 is 93.0. The maximum absolute atomic E-state index is 14.2. The van der Waals surface area contributed by atoms with Crippen molar-refractivity contribution in [3.63, 3.8) is 0 Å². The summed E-state index contributed by atoms with van der Waals surface area (Å²) in [6.07, 6.45) is -6.61. The number of hydrazine groups is 1. The summed E-state index contributed by atoms with van der Waals surface area (Å²) in [5.74, 6) is -14.6. The van der Waals surface area contributed by atoms with Crippen molar-refractivity contribution in [3.05, 3.63) is 58.6 Å². The summed E-state index contributed by atoms with van der Waals surface area (Å²) in [7, 11) is 0. The Bertz CT molecular complexity index is 966. The van der Waals surface area contributed by atoms with Gasteiger partial charge < -0.3 is 5.32 Å². The van der Waals surface area contributed by atoms with Crippen LogP contribution in [0.1, 0.15) is 0 Å². The van der Waals surface area contributed by atoms with Crippen molar-refractivity contribution in [2.24, 2.45) is 4.99 Å². The van der Waals surface area contributed by atoms with Crippen molar-refractivity contribution in [1.29, 1.82) is 0 Å². The first-order valence-corrected chi connectivity index (χ1v) is 8.75. The van der Waals surface area contributed by atoms with Gasteiger partial charge >= 0.3 is 24.1 Å². The number of carbonyl (C=O) groups excluding carboxylic acids is 1. The third-order valence-corrected chi connectivity index (χ3v) is 3.98. The molecular weight excluding hydrogens is 480 g/mol. The number of halogens is 9. The van der Waals surface area contributed by atoms with Gasteiger partial charge in [0.2, 0.25) is 0 Å². The van der Waals surface area contributed by atoms with Crippen LogP contribution in [-0.2, 0) is 0 Å². The van der Waals surface area contributed by atoms with Crippen molar-refractivity contribution >= 4 is 46.4 Å². The van der Waals surface area contributed by atoms with Crippen molar-refractivity contribution in [2.75, 3.05) is 5.32 Å². The summed E-state index contributed by atoms with van der Waals surface area (Å²) >= 11 is 11.3. The third-order valence-electron chi connectivity index (χ3n) is 3.49. The minimum atomic E-state index is -6.61. The second kappa shape index (κ2) is 9.18. The summed E-state index contributed by atoms with van der Waals surface area (Å²) in [5.41, 5.74) is 2.50. The molecule has 3 N–H and O–H groups in total. The van der Waals surface area contributed by atoms with Crippen LogP contribution in [0.3, 0.4) is 0 Å². The first kappa shape index (κ1) is 24.5. The van der Waals surface area contributed by atoms with Crippen LogP contribution < -0.4 is 16.2 Å². The average molecular weight is 491 g/mol. The zero-order valence-electron chi connectivity index (χ0n) is 14.9. The van der Waals surface area contributed by atoms with Crippen molar-refractivity contribution in [3.8, 4) is 0 Å². The van der Waals surface area contributed by atoms with Gasteiger partial charge in [0, 0.05) is 15.7 Å². The topological polar surface area (TPSA) is 65.5 Å². The van der Waals surface area contributed by atoms with Gasteiger partial charge in [-0.3, -0.25) is 10.9 Å². The number of alkyl halides is 7. The lowest BCUT2D eigenvalue weighted by molar-refractivity contribution is -0.336. The Balaban J connectivity index is 2.31. The highest BCUT2D eigenvalue weighted by Crippen LogP contribution is 2.47. The van der Waals surface area contributed by atoms with E-state index in [1.54, 1.807) is 0 Å². The van der Waals surface area contributed by atoms with E-state index in [-0.39, 0.29) is 15.7 Å². The minimum absolute atomic E-state index is 0.0790. The molecule has 0 saturated carbocycles. The lowest BCUT2D eigenvalue weighted by Crippen LogP contribution is -2.62. The third kappa shape index (κ3) is 5.91. The van der Waals surface area contributed by atoms with Gasteiger partial charge in [-0.25, -0.2) is 9.79 Å². The fraction of sp³-hybridized carbons (Fsp3) is 0.176. The van der Waals surface area contributed by atoms with E-state index in [1.165, 1.54) is 35.1 Å². The molecule has 0 aromatic heterocycles. The van der Waals surface area contributed by atoms with Crippen LogP contribution in [0.4, 0.5) is 46.9 Å². The number of nitrogens with zero attached hydrogens (tertiary/aromatic N) is 1. The fourth-order valence-corrected chi connectivity index (χ4v) is 2.31. The molecule has 168 valence electrons. The molecule has 5 nitrogen and oxygen atoms in total. The predicted octanol–water partition coefficient (Wildman–Crippen LogP) is 6.18. The number of anilines is 1. The molecule has 0 spiro atoms. The Morgan fingerprint density at radius 2 is 1.45 bits per heavy atom. The Hall–Kier alpha value is -2.73. The van der Waals surface area contributed by atoms with Crippen LogP contribution in [0.25, 0.3) is 0 Å². The normalized spacial score (nSPS) is 13.0. The smallest absolute Gasteiger partial charge is 0.307 e. The van der Waals surface area contributed by atoms with Gasteiger partial charge in [0.1, 0.15) is 0 Å². The molecule has 0 aliphatic rings. The molecular formula is C17H11Cl2F7N4O. The number of amides is 2. The molecule has 2 rings (SSSR count). The Kier molecular flexibility index (Phi) is 7.27. The maximum atomic E-state index is 14.2. The van der Waals surface area contributed by atoms with Crippen LogP contribution >= 0.6 is 23.2 Å². The first-order valence-electron chi connectivity index (χ1n) is 7.99. The molecule has 0 aliphatic heterocycles. The molecule has 0 heterocycles. The van der Waals surface area contributed by atoms with Gasteiger partial charge in [0.05, 0.1) is 5.69 Å². The molecule has 14 heteroatoms. The molecule has 0 fully saturated rings. The molecule has 2 amide bonds. The number of nitrogens with one attached hydrogen (secondary N) is 3. The number of rotatable bonds is 4. The Labute approximate surface area is 180 Å². The van der Waals surface area contributed by atoms with Gasteiger partial charge in [-0.15, -0.1) is 0 Å². The SMILES string of the molecule is O=C(NNC(=Nc1ccc(Cl)cc1)C(F)(F)C(F)(F)C(F)(F)F)Nc1cccc(Cl)c1. The second-order valence-electron chi connectivity index (χ2n) is 5.80. The van der Waals surface area contributed by atoms with E-state index in [9.17, 15) is 35.5 Å². The molecule has 2 aromatic rings. The predicted molar refractivity (Wildman–Crippen MR) is 101 cm³/mol. The van der Waals surface area contributed by atoms with Crippen molar-refractivity contribution in [2.45, 2.75) is 18.0 Å². The van der Waals surface area contributed by atoms with Gasteiger partial charge in [0.15, 0.2) is 5.84 Å². The van der Waals surface area contributed by atoms with E-state index in [4.69, 9.17) is 23.2 Å². The fourth-order valence-electron chi connectivity index (χ4n) is 1.99. The van der Waals surface area contributed by atoms with Gasteiger partial charge in [-0.1, -0.05) is 29.3 Å². The highest BCUT2D eigenvalue weighted by Gasteiger charge is 2.75. The van der Waals surface area contributed by atoms with Crippen LogP contribution in [0.5, 0.6) is 0 Å². The van der Waals surface area contributed by atoms with Crippen molar-refractivity contribution < 1.29 is 35.5 Å². The molecule has 2 aromatic carbocycles.